The largest absolute Gasteiger partial charge is 0.381 e. The van der Waals surface area contributed by atoms with Crippen LogP contribution in [0.2, 0.25) is 0 Å². The van der Waals surface area contributed by atoms with Gasteiger partial charge in [-0.2, -0.15) is 5.10 Å². The van der Waals surface area contributed by atoms with Crippen LogP contribution in [-0.4, -0.2) is 28.0 Å². The van der Waals surface area contributed by atoms with Gasteiger partial charge in [-0.25, -0.2) is 4.39 Å². The first kappa shape index (κ1) is 17.9. The van der Waals surface area contributed by atoms with E-state index in [9.17, 15) is 4.39 Å². The first-order valence-electron chi connectivity index (χ1n) is 8.84. The molecule has 1 saturated heterocycles. The Hall–Kier alpha value is -1.20. The summed E-state index contributed by atoms with van der Waals surface area (Å²) in [5.74, 6) is 0.209. The summed E-state index contributed by atoms with van der Waals surface area (Å²) in [5, 5.41) is 9.80. The van der Waals surface area contributed by atoms with E-state index in [1.165, 1.54) is 26.8 Å². The molecule has 4 aromatic rings. The van der Waals surface area contributed by atoms with Crippen molar-refractivity contribution in [1.82, 2.24) is 14.8 Å². The molecule has 0 amide bonds. The van der Waals surface area contributed by atoms with Gasteiger partial charge in [0.1, 0.15) is 9.52 Å². The Labute approximate surface area is 182 Å². The van der Waals surface area contributed by atoms with E-state index in [0.717, 1.165) is 51.9 Å². The van der Waals surface area contributed by atoms with E-state index in [2.05, 4.69) is 72.1 Å². The molecule has 0 spiro atoms. The van der Waals surface area contributed by atoms with E-state index < -0.39 is 0 Å². The molecule has 7 heteroatoms. The van der Waals surface area contributed by atoms with E-state index in [1.807, 2.05) is 12.1 Å². The Bertz CT molecular complexity index is 1140. The zero-order valence-corrected chi connectivity index (χ0v) is 18.6. The van der Waals surface area contributed by atoms with Crippen molar-refractivity contribution in [2.24, 2.45) is 0 Å². The second-order valence-corrected chi connectivity index (χ2v) is 8.98. The molecular weight excluding hydrogens is 571 g/mol. The molecule has 5 rings (SSSR count). The molecular formula is C20H16FI2N3O. The maximum atomic E-state index is 13.6. The zero-order chi connectivity index (χ0) is 18.5. The van der Waals surface area contributed by atoms with Crippen molar-refractivity contribution in [3.8, 4) is 5.69 Å². The number of hydrogen-bond donors (Lipinski definition) is 1. The Kier molecular flexibility index (Phi) is 4.63. The average molecular weight is 587 g/mol. The fourth-order valence-corrected chi connectivity index (χ4v) is 5.61. The zero-order valence-electron chi connectivity index (χ0n) is 14.3. The Balaban J connectivity index is 1.85. The number of halogens is 3. The molecule has 0 atom stereocenters. The lowest BCUT2D eigenvalue weighted by molar-refractivity contribution is 0.0841. The highest BCUT2D eigenvalue weighted by Gasteiger charge is 2.26. The summed E-state index contributed by atoms with van der Waals surface area (Å²) in [5.41, 5.74) is 4.40. The molecule has 27 heavy (non-hydrogen) atoms. The third-order valence-electron chi connectivity index (χ3n) is 5.26. The predicted molar refractivity (Wildman–Crippen MR) is 121 cm³/mol. The SMILES string of the molecule is Fc1ccc(-n2c(C3CCOCC3)c(I)c3cc4n[nH]c(I)c4cc32)cc1. The van der Waals surface area contributed by atoms with Crippen LogP contribution < -0.4 is 0 Å². The quantitative estimate of drug-likeness (QED) is 0.304. The number of aromatic nitrogens is 3. The average Bonchev–Trinajstić information content (AvgIpc) is 3.19. The van der Waals surface area contributed by atoms with Crippen LogP contribution in [0.5, 0.6) is 0 Å². The number of hydrogen-bond acceptors (Lipinski definition) is 2. The van der Waals surface area contributed by atoms with Crippen LogP contribution >= 0.6 is 45.2 Å². The smallest absolute Gasteiger partial charge is 0.123 e. The third kappa shape index (κ3) is 2.98. The van der Waals surface area contributed by atoms with Crippen LogP contribution in [0.1, 0.15) is 24.5 Å². The van der Waals surface area contributed by atoms with Gasteiger partial charge in [-0.3, -0.25) is 5.10 Å². The standard InChI is InChI=1S/C20H16FI2N3O/c21-12-1-3-13(4-2-12)26-17-10-14-16(24-25-20(14)23)9-15(17)18(22)19(26)11-5-7-27-8-6-11/h1-4,9-11H,5-8H2,(H,24,25). The van der Waals surface area contributed by atoms with Crippen LogP contribution in [-0.2, 0) is 4.74 Å². The molecule has 1 fully saturated rings. The molecule has 2 aromatic heterocycles. The molecule has 0 unspecified atom stereocenters. The number of H-pyrrole nitrogens is 1. The van der Waals surface area contributed by atoms with Crippen LogP contribution in [0.15, 0.2) is 36.4 Å². The van der Waals surface area contributed by atoms with Crippen molar-refractivity contribution >= 4 is 67.0 Å². The molecule has 0 radical (unpaired) electrons. The topological polar surface area (TPSA) is 42.8 Å². The highest BCUT2D eigenvalue weighted by molar-refractivity contribution is 14.1. The fraction of sp³-hybridized carbons (Fsp3) is 0.250. The van der Waals surface area contributed by atoms with Gasteiger partial charge in [0.15, 0.2) is 0 Å². The second-order valence-electron chi connectivity index (χ2n) is 6.82. The lowest BCUT2D eigenvalue weighted by atomic mass is 9.96. The molecule has 2 aromatic carbocycles. The number of ether oxygens (including phenoxy) is 1. The minimum absolute atomic E-state index is 0.218. The fourth-order valence-electron chi connectivity index (χ4n) is 3.94. The van der Waals surface area contributed by atoms with Gasteiger partial charge in [0.2, 0.25) is 0 Å². The van der Waals surface area contributed by atoms with Gasteiger partial charge in [-0.05, 0) is 94.4 Å². The van der Waals surface area contributed by atoms with Crippen LogP contribution in [0.3, 0.4) is 0 Å². The molecule has 138 valence electrons. The summed E-state index contributed by atoms with van der Waals surface area (Å²) in [4.78, 5) is 0. The summed E-state index contributed by atoms with van der Waals surface area (Å²) in [6.07, 6.45) is 2.01. The van der Waals surface area contributed by atoms with Crippen LogP contribution in [0, 0.1) is 13.1 Å². The summed E-state index contributed by atoms with van der Waals surface area (Å²) in [6, 6.07) is 11.1. The summed E-state index contributed by atoms with van der Waals surface area (Å²) in [6.45, 7) is 1.57. The Morgan fingerprint density at radius 3 is 2.56 bits per heavy atom. The molecule has 3 heterocycles. The lowest BCUT2D eigenvalue weighted by Gasteiger charge is -2.24. The Morgan fingerprint density at radius 2 is 1.81 bits per heavy atom. The van der Waals surface area contributed by atoms with E-state index >= 15 is 0 Å². The number of rotatable bonds is 2. The van der Waals surface area contributed by atoms with Gasteiger partial charge in [0, 0.05) is 44.9 Å². The minimum atomic E-state index is -0.218. The molecule has 0 saturated carbocycles. The van der Waals surface area contributed by atoms with E-state index in [1.54, 1.807) is 0 Å². The molecule has 0 aliphatic carbocycles. The van der Waals surface area contributed by atoms with Crippen LogP contribution in [0.25, 0.3) is 27.5 Å². The monoisotopic (exact) mass is 587 g/mol. The molecule has 0 bridgehead atoms. The maximum Gasteiger partial charge on any atom is 0.123 e. The van der Waals surface area contributed by atoms with Crippen LogP contribution in [0.4, 0.5) is 4.39 Å². The highest BCUT2D eigenvalue weighted by atomic mass is 127. The van der Waals surface area contributed by atoms with Crippen molar-refractivity contribution in [3.63, 3.8) is 0 Å². The molecule has 1 aliphatic heterocycles. The van der Waals surface area contributed by atoms with E-state index in [-0.39, 0.29) is 5.82 Å². The van der Waals surface area contributed by atoms with Crippen molar-refractivity contribution in [1.29, 1.82) is 0 Å². The minimum Gasteiger partial charge on any atom is -0.381 e. The Morgan fingerprint density at radius 1 is 1.07 bits per heavy atom. The van der Waals surface area contributed by atoms with E-state index in [0.29, 0.717) is 5.92 Å². The number of nitrogens with one attached hydrogen (secondary N) is 1. The predicted octanol–water partition coefficient (Wildman–Crippen LogP) is 5.75. The van der Waals surface area contributed by atoms with Crippen molar-refractivity contribution < 1.29 is 9.13 Å². The molecule has 1 N–H and O–H groups in total. The van der Waals surface area contributed by atoms with Gasteiger partial charge in [-0.1, -0.05) is 0 Å². The maximum absolute atomic E-state index is 13.6. The first-order valence-corrected chi connectivity index (χ1v) is 11.0. The summed E-state index contributed by atoms with van der Waals surface area (Å²) in [7, 11) is 0. The van der Waals surface area contributed by atoms with Gasteiger partial charge < -0.3 is 9.30 Å². The summed E-state index contributed by atoms with van der Waals surface area (Å²) < 4.78 is 23.7. The first-order chi connectivity index (χ1) is 13.1. The van der Waals surface area contributed by atoms with Gasteiger partial charge >= 0.3 is 0 Å². The second kappa shape index (κ2) is 7.00. The number of aromatic amines is 1. The number of benzene rings is 2. The number of fused-ring (bicyclic) bond motifs is 2. The lowest BCUT2D eigenvalue weighted by Crippen LogP contribution is -2.17. The van der Waals surface area contributed by atoms with Crippen molar-refractivity contribution in [2.45, 2.75) is 18.8 Å². The summed E-state index contributed by atoms with van der Waals surface area (Å²) >= 11 is 4.74. The van der Waals surface area contributed by atoms with E-state index in [4.69, 9.17) is 4.74 Å². The number of nitrogens with zero attached hydrogens (tertiary/aromatic N) is 2. The van der Waals surface area contributed by atoms with Crippen molar-refractivity contribution in [2.75, 3.05) is 13.2 Å². The van der Waals surface area contributed by atoms with Crippen molar-refractivity contribution in [3.05, 3.63) is 55.2 Å². The third-order valence-corrected chi connectivity index (χ3v) is 7.22. The van der Waals surface area contributed by atoms with Gasteiger partial charge in [-0.15, -0.1) is 0 Å². The molecule has 1 aliphatic rings. The molecule has 4 nitrogen and oxygen atoms in total. The highest BCUT2D eigenvalue weighted by Crippen LogP contribution is 2.40. The van der Waals surface area contributed by atoms with Gasteiger partial charge in [0.25, 0.3) is 0 Å². The van der Waals surface area contributed by atoms with Gasteiger partial charge in [0.05, 0.1) is 11.0 Å². The normalized spacial score (nSPS) is 15.8.